The van der Waals surface area contributed by atoms with Gasteiger partial charge in [0, 0.05) is 6.54 Å². The number of para-hydroxylation sites is 1. The van der Waals surface area contributed by atoms with E-state index >= 15 is 0 Å². The van der Waals surface area contributed by atoms with Gasteiger partial charge in [-0.3, -0.25) is 9.36 Å². The summed E-state index contributed by atoms with van der Waals surface area (Å²) in [5.41, 5.74) is 0.613. The number of aliphatic hydroxyl groups is 1. The number of benzene rings is 1. The Morgan fingerprint density at radius 1 is 1.38 bits per heavy atom. The Morgan fingerprint density at radius 3 is 2.94 bits per heavy atom. The fourth-order valence-corrected chi connectivity index (χ4v) is 2.04. The van der Waals surface area contributed by atoms with Crippen LogP contribution >= 0.6 is 12.4 Å². The van der Waals surface area contributed by atoms with Crippen LogP contribution in [-0.4, -0.2) is 14.7 Å². The molecule has 1 aliphatic rings. The van der Waals surface area contributed by atoms with Crippen molar-refractivity contribution in [2.45, 2.75) is 19.1 Å². The molecule has 84 valence electrons. The summed E-state index contributed by atoms with van der Waals surface area (Å²) in [6.07, 6.45) is -0.0132. The van der Waals surface area contributed by atoms with Crippen molar-refractivity contribution < 1.29 is 5.11 Å². The van der Waals surface area contributed by atoms with E-state index in [1.807, 2.05) is 12.1 Å². The Bertz CT molecular complexity index is 594. The van der Waals surface area contributed by atoms with Gasteiger partial charge in [0.15, 0.2) is 0 Å². The molecular weight excluding hydrogens is 228 g/mol. The minimum Gasteiger partial charge on any atom is -0.385 e. The van der Waals surface area contributed by atoms with Crippen molar-refractivity contribution >= 4 is 23.3 Å². The van der Waals surface area contributed by atoms with Crippen molar-refractivity contribution in [2.24, 2.45) is 0 Å². The summed E-state index contributed by atoms with van der Waals surface area (Å²) >= 11 is 0. The first-order valence-corrected chi connectivity index (χ1v) is 4.95. The van der Waals surface area contributed by atoms with Gasteiger partial charge in [-0.2, -0.15) is 0 Å². The van der Waals surface area contributed by atoms with Crippen molar-refractivity contribution in [1.29, 1.82) is 0 Å². The van der Waals surface area contributed by atoms with Gasteiger partial charge in [0.05, 0.1) is 10.9 Å². The lowest BCUT2D eigenvalue weighted by Crippen LogP contribution is -2.21. The van der Waals surface area contributed by atoms with Crippen molar-refractivity contribution in [3.8, 4) is 0 Å². The molecule has 1 aromatic carbocycles. The predicted octanol–water partition coefficient (Wildman–Crippen LogP) is 1.26. The van der Waals surface area contributed by atoms with E-state index in [9.17, 15) is 9.90 Å². The van der Waals surface area contributed by atoms with Crippen molar-refractivity contribution in [3.05, 3.63) is 40.4 Å². The molecule has 0 saturated carbocycles. The monoisotopic (exact) mass is 238 g/mol. The minimum atomic E-state index is -0.595. The predicted molar refractivity (Wildman–Crippen MR) is 62.8 cm³/mol. The summed E-state index contributed by atoms with van der Waals surface area (Å²) in [4.78, 5) is 16.3. The second-order valence-electron chi connectivity index (χ2n) is 3.75. The average molecular weight is 239 g/mol. The average Bonchev–Trinajstić information content (AvgIpc) is 2.62. The van der Waals surface area contributed by atoms with Gasteiger partial charge in [0.1, 0.15) is 11.9 Å². The number of nitrogens with zero attached hydrogens (tertiary/aromatic N) is 2. The van der Waals surface area contributed by atoms with E-state index in [1.165, 1.54) is 0 Å². The molecule has 5 heteroatoms. The Hall–Kier alpha value is -1.39. The van der Waals surface area contributed by atoms with Crippen LogP contribution in [0.1, 0.15) is 18.3 Å². The summed E-state index contributed by atoms with van der Waals surface area (Å²) in [6.45, 7) is 0.563. The first-order chi connectivity index (χ1) is 7.27. The summed E-state index contributed by atoms with van der Waals surface area (Å²) < 4.78 is 1.56. The van der Waals surface area contributed by atoms with E-state index in [0.29, 0.717) is 29.7 Å². The smallest absolute Gasteiger partial charge is 0.261 e. The Morgan fingerprint density at radius 2 is 2.12 bits per heavy atom. The molecule has 1 aliphatic heterocycles. The SMILES string of the molecule is Cl.O=c1c2ccccc2nc2n1CCC2O. The largest absolute Gasteiger partial charge is 0.385 e. The third kappa shape index (κ3) is 1.42. The highest BCUT2D eigenvalue weighted by Gasteiger charge is 2.23. The second-order valence-corrected chi connectivity index (χ2v) is 3.75. The van der Waals surface area contributed by atoms with Gasteiger partial charge in [-0.25, -0.2) is 4.98 Å². The van der Waals surface area contributed by atoms with Crippen LogP contribution in [0.2, 0.25) is 0 Å². The molecular formula is C11H11ClN2O2. The second kappa shape index (κ2) is 3.88. The molecule has 0 amide bonds. The van der Waals surface area contributed by atoms with Crippen LogP contribution < -0.4 is 5.56 Å². The third-order valence-corrected chi connectivity index (χ3v) is 2.82. The maximum Gasteiger partial charge on any atom is 0.261 e. The van der Waals surface area contributed by atoms with Gasteiger partial charge in [-0.05, 0) is 18.6 Å². The number of rotatable bonds is 0. The summed E-state index contributed by atoms with van der Waals surface area (Å²) in [6, 6.07) is 7.22. The van der Waals surface area contributed by atoms with E-state index in [-0.39, 0.29) is 18.0 Å². The molecule has 3 rings (SSSR count). The maximum absolute atomic E-state index is 12.0. The molecule has 0 saturated heterocycles. The van der Waals surface area contributed by atoms with E-state index in [2.05, 4.69) is 4.98 Å². The van der Waals surface area contributed by atoms with Crippen LogP contribution in [-0.2, 0) is 6.54 Å². The fourth-order valence-electron chi connectivity index (χ4n) is 2.04. The molecule has 1 N–H and O–H groups in total. The van der Waals surface area contributed by atoms with Crippen molar-refractivity contribution in [3.63, 3.8) is 0 Å². The van der Waals surface area contributed by atoms with Gasteiger partial charge in [-0.1, -0.05) is 12.1 Å². The Kier molecular flexibility index (Phi) is 2.69. The van der Waals surface area contributed by atoms with Crippen LogP contribution in [0.3, 0.4) is 0 Å². The lowest BCUT2D eigenvalue weighted by Gasteiger charge is -2.05. The Labute approximate surface area is 98.0 Å². The summed E-state index contributed by atoms with van der Waals surface area (Å²) in [5.74, 6) is 0.499. The number of halogens is 1. The molecule has 4 nitrogen and oxygen atoms in total. The maximum atomic E-state index is 12.0. The molecule has 0 fully saturated rings. The van der Waals surface area contributed by atoms with Crippen LogP contribution in [0.25, 0.3) is 10.9 Å². The number of aromatic nitrogens is 2. The standard InChI is InChI=1S/C11H10N2O2.ClH/c14-9-5-6-13-10(9)12-8-4-2-1-3-7(8)11(13)15;/h1-4,9,14H,5-6H2;1H. The molecule has 1 aromatic heterocycles. The lowest BCUT2D eigenvalue weighted by atomic mass is 10.2. The highest BCUT2D eigenvalue weighted by atomic mass is 35.5. The molecule has 16 heavy (non-hydrogen) atoms. The number of hydrogen-bond acceptors (Lipinski definition) is 3. The molecule has 2 aromatic rings. The van der Waals surface area contributed by atoms with Crippen LogP contribution in [0, 0.1) is 0 Å². The van der Waals surface area contributed by atoms with Crippen LogP contribution in [0.15, 0.2) is 29.1 Å². The van der Waals surface area contributed by atoms with Crippen molar-refractivity contribution in [2.75, 3.05) is 0 Å². The first-order valence-electron chi connectivity index (χ1n) is 4.95. The fraction of sp³-hybridized carbons (Fsp3) is 0.273. The summed E-state index contributed by atoms with van der Waals surface area (Å²) in [7, 11) is 0. The zero-order chi connectivity index (χ0) is 10.4. The van der Waals surface area contributed by atoms with Gasteiger partial charge < -0.3 is 5.11 Å². The minimum absolute atomic E-state index is 0. The third-order valence-electron chi connectivity index (χ3n) is 2.82. The number of hydrogen-bond donors (Lipinski definition) is 1. The number of fused-ring (bicyclic) bond motifs is 2. The Balaban J connectivity index is 0.000000963. The summed E-state index contributed by atoms with van der Waals surface area (Å²) in [5, 5.41) is 10.3. The number of aliphatic hydroxyl groups excluding tert-OH is 1. The quantitative estimate of drug-likeness (QED) is 0.752. The first kappa shape index (κ1) is 11.1. The highest BCUT2D eigenvalue weighted by Crippen LogP contribution is 2.22. The van der Waals surface area contributed by atoms with E-state index < -0.39 is 6.10 Å². The molecule has 0 radical (unpaired) electrons. The van der Waals surface area contributed by atoms with Gasteiger partial charge >= 0.3 is 0 Å². The molecule has 1 unspecified atom stereocenters. The van der Waals surface area contributed by atoms with Crippen LogP contribution in [0.4, 0.5) is 0 Å². The molecule has 0 spiro atoms. The normalized spacial score (nSPS) is 18.2. The zero-order valence-corrected chi connectivity index (χ0v) is 9.28. The zero-order valence-electron chi connectivity index (χ0n) is 8.46. The van der Waals surface area contributed by atoms with E-state index in [0.717, 1.165) is 0 Å². The highest BCUT2D eigenvalue weighted by molar-refractivity contribution is 5.85. The topological polar surface area (TPSA) is 55.1 Å². The van der Waals surface area contributed by atoms with Crippen molar-refractivity contribution in [1.82, 2.24) is 9.55 Å². The van der Waals surface area contributed by atoms with Gasteiger partial charge in [0.25, 0.3) is 5.56 Å². The van der Waals surface area contributed by atoms with E-state index in [1.54, 1.807) is 16.7 Å². The lowest BCUT2D eigenvalue weighted by molar-refractivity contribution is 0.176. The molecule has 0 bridgehead atoms. The molecule has 1 atom stereocenters. The molecule has 2 heterocycles. The molecule has 0 aliphatic carbocycles. The van der Waals surface area contributed by atoms with Crippen LogP contribution in [0.5, 0.6) is 0 Å². The van der Waals surface area contributed by atoms with Gasteiger partial charge in [0.2, 0.25) is 0 Å². The van der Waals surface area contributed by atoms with E-state index in [4.69, 9.17) is 0 Å². The van der Waals surface area contributed by atoms with Gasteiger partial charge in [-0.15, -0.1) is 12.4 Å².